The van der Waals surface area contributed by atoms with Gasteiger partial charge in [-0.15, -0.1) is 0 Å². The molecule has 0 fully saturated rings. The van der Waals surface area contributed by atoms with Crippen molar-refractivity contribution in [2.24, 2.45) is 5.92 Å². The van der Waals surface area contributed by atoms with E-state index < -0.39 is 0 Å². The van der Waals surface area contributed by atoms with Crippen LogP contribution in [0, 0.1) is 5.92 Å². The van der Waals surface area contributed by atoms with Gasteiger partial charge in [0, 0.05) is 13.6 Å². The third-order valence-electron chi connectivity index (χ3n) is 3.97. The van der Waals surface area contributed by atoms with E-state index in [1.54, 1.807) is 0 Å². The molecule has 0 saturated carbocycles. The van der Waals surface area contributed by atoms with Crippen LogP contribution in [0.1, 0.15) is 24.2 Å². The zero-order valence-electron chi connectivity index (χ0n) is 13.3. The van der Waals surface area contributed by atoms with Gasteiger partial charge in [-0.05, 0) is 33.5 Å². The van der Waals surface area contributed by atoms with Crippen molar-refractivity contribution in [2.75, 3.05) is 13.6 Å². The minimum absolute atomic E-state index is 0.0988. The fourth-order valence-electron chi connectivity index (χ4n) is 3.07. The smallest absolute Gasteiger partial charge is 0.254 e. The molecule has 2 heteroatoms. The molecule has 112 valence electrons. The first-order valence-corrected chi connectivity index (χ1v) is 7.74. The minimum Gasteiger partial charge on any atom is -0.341 e. The second-order valence-corrected chi connectivity index (χ2v) is 6.27. The van der Waals surface area contributed by atoms with E-state index in [1.165, 1.54) is 0 Å². The summed E-state index contributed by atoms with van der Waals surface area (Å²) in [5.41, 5.74) is 0.817. The van der Waals surface area contributed by atoms with Gasteiger partial charge in [-0.25, -0.2) is 0 Å². The third-order valence-corrected chi connectivity index (χ3v) is 3.97. The first-order valence-electron chi connectivity index (χ1n) is 7.74. The van der Waals surface area contributed by atoms with Crippen LogP contribution in [0.15, 0.2) is 54.6 Å². The van der Waals surface area contributed by atoms with E-state index >= 15 is 0 Å². The van der Waals surface area contributed by atoms with Crippen LogP contribution in [-0.4, -0.2) is 24.4 Å². The Balaban J connectivity index is 2.26. The lowest BCUT2D eigenvalue weighted by Gasteiger charge is -2.21. The predicted octanol–water partition coefficient (Wildman–Crippen LogP) is 4.72. The monoisotopic (exact) mass is 291 g/mol. The SMILES string of the molecule is CC(C)CN(C)C(=O)c1c2ccccc2cc2ccccc12. The summed E-state index contributed by atoms with van der Waals surface area (Å²) < 4.78 is 0. The molecular formula is C20H21NO. The van der Waals surface area contributed by atoms with Crippen molar-refractivity contribution in [2.45, 2.75) is 13.8 Å². The lowest BCUT2D eigenvalue weighted by molar-refractivity contribution is 0.0783. The highest BCUT2D eigenvalue weighted by Crippen LogP contribution is 2.29. The van der Waals surface area contributed by atoms with Crippen LogP contribution in [0.2, 0.25) is 0 Å². The largest absolute Gasteiger partial charge is 0.341 e. The first-order chi connectivity index (χ1) is 10.6. The van der Waals surface area contributed by atoms with Gasteiger partial charge in [0.05, 0.1) is 5.56 Å². The number of hydrogen-bond donors (Lipinski definition) is 0. The van der Waals surface area contributed by atoms with Crippen LogP contribution in [0.4, 0.5) is 0 Å². The molecule has 0 aromatic heterocycles. The Morgan fingerprint density at radius 3 is 1.95 bits per heavy atom. The molecule has 0 spiro atoms. The summed E-state index contributed by atoms with van der Waals surface area (Å²) in [5.74, 6) is 0.553. The summed E-state index contributed by atoms with van der Waals surface area (Å²) in [4.78, 5) is 14.9. The zero-order valence-corrected chi connectivity index (χ0v) is 13.3. The van der Waals surface area contributed by atoms with Gasteiger partial charge in [-0.2, -0.15) is 0 Å². The van der Waals surface area contributed by atoms with E-state index in [1.807, 2.05) is 48.3 Å². The highest BCUT2D eigenvalue weighted by atomic mass is 16.2. The Kier molecular flexibility index (Phi) is 3.84. The fourth-order valence-corrected chi connectivity index (χ4v) is 3.07. The number of amides is 1. The molecule has 3 aromatic rings. The summed E-state index contributed by atoms with van der Waals surface area (Å²) in [5, 5.41) is 4.29. The van der Waals surface area contributed by atoms with Gasteiger partial charge in [-0.3, -0.25) is 4.79 Å². The fraction of sp³-hybridized carbons (Fsp3) is 0.250. The van der Waals surface area contributed by atoms with Crippen molar-refractivity contribution in [3.63, 3.8) is 0 Å². The van der Waals surface area contributed by atoms with Crippen molar-refractivity contribution >= 4 is 27.5 Å². The highest BCUT2D eigenvalue weighted by Gasteiger charge is 2.18. The molecule has 0 aliphatic heterocycles. The number of carbonyl (C=O) groups is 1. The van der Waals surface area contributed by atoms with Crippen LogP contribution in [0.25, 0.3) is 21.5 Å². The molecule has 0 saturated heterocycles. The van der Waals surface area contributed by atoms with E-state index in [2.05, 4.69) is 32.0 Å². The van der Waals surface area contributed by atoms with Gasteiger partial charge < -0.3 is 4.90 Å². The number of carbonyl (C=O) groups excluding carboxylic acids is 1. The third kappa shape index (κ3) is 2.57. The molecule has 0 aliphatic carbocycles. The van der Waals surface area contributed by atoms with Gasteiger partial charge in [0.25, 0.3) is 5.91 Å². The molecule has 0 atom stereocenters. The van der Waals surface area contributed by atoms with Gasteiger partial charge in [0.1, 0.15) is 0 Å². The Hall–Kier alpha value is -2.35. The summed E-state index contributed by atoms with van der Waals surface area (Å²) in [7, 11) is 1.89. The zero-order chi connectivity index (χ0) is 15.7. The Morgan fingerprint density at radius 1 is 0.955 bits per heavy atom. The quantitative estimate of drug-likeness (QED) is 0.639. The Labute approximate surface area is 131 Å². The maximum atomic E-state index is 13.0. The van der Waals surface area contributed by atoms with Crippen molar-refractivity contribution in [3.8, 4) is 0 Å². The lowest BCUT2D eigenvalue weighted by Crippen LogP contribution is -2.30. The average Bonchev–Trinajstić information content (AvgIpc) is 2.51. The summed E-state index contributed by atoms with van der Waals surface area (Å²) in [6.45, 7) is 5.02. The summed E-state index contributed by atoms with van der Waals surface area (Å²) >= 11 is 0. The second-order valence-electron chi connectivity index (χ2n) is 6.27. The van der Waals surface area contributed by atoms with E-state index in [9.17, 15) is 4.79 Å². The molecule has 0 N–H and O–H groups in total. The van der Waals surface area contributed by atoms with Crippen LogP contribution in [0.5, 0.6) is 0 Å². The molecule has 22 heavy (non-hydrogen) atoms. The summed E-state index contributed by atoms with van der Waals surface area (Å²) in [6, 6.07) is 18.4. The topological polar surface area (TPSA) is 20.3 Å². The molecule has 3 aromatic carbocycles. The molecule has 0 unspecified atom stereocenters. The van der Waals surface area contributed by atoms with Crippen molar-refractivity contribution in [1.29, 1.82) is 0 Å². The van der Waals surface area contributed by atoms with E-state index in [0.717, 1.165) is 33.7 Å². The second kappa shape index (κ2) is 5.80. The number of benzene rings is 3. The molecule has 0 radical (unpaired) electrons. The molecule has 0 bridgehead atoms. The van der Waals surface area contributed by atoms with Crippen molar-refractivity contribution < 1.29 is 4.79 Å². The maximum absolute atomic E-state index is 13.0. The number of fused-ring (bicyclic) bond motifs is 2. The molecule has 0 aliphatic rings. The molecule has 3 rings (SSSR count). The van der Waals surface area contributed by atoms with Crippen LogP contribution >= 0.6 is 0 Å². The summed E-state index contributed by atoms with van der Waals surface area (Å²) in [6.07, 6.45) is 0. The molecule has 2 nitrogen and oxygen atoms in total. The van der Waals surface area contributed by atoms with E-state index in [4.69, 9.17) is 0 Å². The van der Waals surface area contributed by atoms with Crippen molar-refractivity contribution in [3.05, 3.63) is 60.2 Å². The number of hydrogen-bond acceptors (Lipinski definition) is 1. The molecule has 0 heterocycles. The number of nitrogens with zero attached hydrogens (tertiary/aromatic N) is 1. The predicted molar refractivity (Wildman–Crippen MR) is 93.3 cm³/mol. The van der Waals surface area contributed by atoms with Gasteiger partial charge >= 0.3 is 0 Å². The Bertz CT molecular complexity index is 781. The van der Waals surface area contributed by atoms with Gasteiger partial charge in [0.2, 0.25) is 0 Å². The van der Waals surface area contributed by atoms with E-state index in [-0.39, 0.29) is 5.91 Å². The molecular weight excluding hydrogens is 270 g/mol. The van der Waals surface area contributed by atoms with Gasteiger partial charge in [-0.1, -0.05) is 62.4 Å². The van der Waals surface area contributed by atoms with E-state index in [0.29, 0.717) is 5.92 Å². The number of rotatable bonds is 3. The lowest BCUT2D eigenvalue weighted by atomic mass is 9.96. The van der Waals surface area contributed by atoms with Crippen LogP contribution < -0.4 is 0 Å². The first kappa shape index (κ1) is 14.6. The maximum Gasteiger partial charge on any atom is 0.254 e. The van der Waals surface area contributed by atoms with Crippen LogP contribution in [-0.2, 0) is 0 Å². The van der Waals surface area contributed by atoms with Crippen molar-refractivity contribution in [1.82, 2.24) is 4.90 Å². The Morgan fingerprint density at radius 2 is 1.45 bits per heavy atom. The average molecular weight is 291 g/mol. The minimum atomic E-state index is 0.0988. The normalized spacial score (nSPS) is 11.3. The highest BCUT2D eigenvalue weighted by molar-refractivity contribution is 6.18. The standard InChI is InChI=1S/C20H21NO/c1-14(2)13-21(3)20(22)19-17-10-6-4-8-15(17)12-16-9-5-7-11-18(16)19/h4-12,14H,13H2,1-3H3. The van der Waals surface area contributed by atoms with Crippen LogP contribution in [0.3, 0.4) is 0 Å². The van der Waals surface area contributed by atoms with Gasteiger partial charge in [0.15, 0.2) is 0 Å². The molecule has 1 amide bonds.